The average molecular weight is 475 g/mol. The predicted molar refractivity (Wildman–Crippen MR) is 111 cm³/mol. The number of benzene rings is 3. The van der Waals surface area contributed by atoms with Crippen molar-refractivity contribution in [3.63, 3.8) is 0 Å². The van der Waals surface area contributed by atoms with Gasteiger partial charge in [-0.05, 0) is 39.2 Å². The van der Waals surface area contributed by atoms with Crippen LogP contribution in [0.5, 0.6) is 0 Å². The lowest BCUT2D eigenvalue weighted by Crippen LogP contribution is -2.30. The number of carbonyl (C=O) groups excluding carboxylic acids is 1. The van der Waals surface area contributed by atoms with Crippen LogP contribution in [0.3, 0.4) is 0 Å². The minimum absolute atomic E-state index is 0.210. The Morgan fingerprint density at radius 2 is 1.42 bits per heavy atom. The van der Waals surface area contributed by atoms with Gasteiger partial charge in [0.1, 0.15) is 5.60 Å². The van der Waals surface area contributed by atoms with Crippen LogP contribution in [0.25, 0.3) is 0 Å². The molecule has 0 aromatic heterocycles. The molecule has 3 rings (SSSR count). The van der Waals surface area contributed by atoms with E-state index in [0.29, 0.717) is 26.9 Å². The third-order valence-electron chi connectivity index (χ3n) is 4.13. The predicted octanol–water partition coefficient (Wildman–Crippen LogP) is 5.45. The van der Waals surface area contributed by atoms with Gasteiger partial charge in [0, 0.05) is 21.4 Å². The largest absolute Gasteiger partial charge is 0.376 e. The number of aliphatic hydroxyl groups is 1. The highest BCUT2D eigenvalue weighted by Crippen LogP contribution is 2.44. The van der Waals surface area contributed by atoms with Crippen LogP contribution in [0, 0.1) is 0 Å². The molecule has 0 spiro atoms. The van der Waals surface area contributed by atoms with Crippen LogP contribution in [0.15, 0.2) is 81.7 Å². The zero-order valence-corrected chi connectivity index (χ0v) is 17.2. The van der Waals surface area contributed by atoms with Crippen molar-refractivity contribution < 1.29 is 9.90 Å². The molecular formula is C21H17Br2NO2. The summed E-state index contributed by atoms with van der Waals surface area (Å²) < 4.78 is 1.47. The lowest BCUT2D eigenvalue weighted by atomic mass is 9.79. The van der Waals surface area contributed by atoms with Gasteiger partial charge in [-0.1, -0.05) is 76.6 Å². The minimum Gasteiger partial charge on any atom is -0.376 e. The van der Waals surface area contributed by atoms with E-state index >= 15 is 0 Å². The molecule has 0 heterocycles. The standard InChI is InChI=1S/C21H17Br2NO2/c1-14(25)24-20-18(12-17(22)13-19(20)23)21(26,15-8-4-2-5-9-15)16-10-6-3-7-11-16/h2-13,26H,1H3,(H,24,25). The molecule has 1 amide bonds. The Hall–Kier alpha value is -1.95. The molecule has 3 aromatic carbocycles. The van der Waals surface area contributed by atoms with Crippen molar-refractivity contribution in [1.29, 1.82) is 0 Å². The Bertz CT molecular complexity index is 888. The summed E-state index contributed by atoms with van der Waals surface area (Å²) in [5, 5.41) is 14.8. The Morgan fingerprint density at radius 3 is 1.88 bits per heavy atom. The topological polar surface area (TPSA) is 49.3 Å². The maximum atomic E-state index is 12.0. The Kier molecular flexibility index (Phi) is 5.61. The van der Waals surface area contributed by atoms with Crippen molar-refractivity contribution in [1.82, 2.24) is 0 Å². The van der Waals surface area contributed by atoms with Gasteiger partial charge >= 0.3 is 0 Å². The first kappa shape index (κ1) is 18.8. The van der Waals surface area contributed by atoms with E-state index in [0.717, 1.165) is 4.47 Å². The van der Waals surface area contributed by atoms with E-state index in [2.05, 4.69) is 37.2 Å². The summed E-state index contributed by atoms with van der Waals surface area (Å²) in [5.74, 6) is -0.210. The third kappa shape index (κ3) is 3.61. The number of anilines is 1. The molecule has 0 aliphatic rings. The first-order valence-electron chi connectivity index (χ1n) is 8.03. The molecule has 5 heteroatoms. The summed E-state index contributed by atoms with van der Waals surface area (Å²) in [5.41, 5.74) is 1.10. The highest BCUT2D eigenvalue weighted by atomic mass is 79.9. The highest BCUT2D eigenvalue weighted by Gasteiger charge is 2.37. The van der Waals surface area contributed by atoms with Crippen LogP contribution >= 0.6 is 31.9 Å². The molecule has 0 saturated carbocycles. The SMILES string of the molecule is CC(=O)Nc1c(Br)cc(Br)cc1C(O)(c1ccccc1)c1ccccc1. The molecule has 0 aliphatic heterocycles. The van der Waals surface area contributed by atoms with Crippen LogP contribution in [0.4, 0.5) is 5.69 Å². The molecule has 0 radical (unpaired) electrons. The van der Waals surface area contributed by atoms with Crippen LogP contribution in [-0.2, 0) is 10.4 Å². The fraction of sp³-hybridized carbons (Fsp3) is 0.0952. The summed E-state index contributed by atoms with van der Waals surface area (Å²) >= 11 is 7.01. The Labute approximate surface area is 169 Å². The van der Waals surface area contributed by atoms with E-state index in [1.54, 1.807) is 0 Å². The lowest BCUT2D eigenvalue weighted by Gasteiger charge is -2.32. The number of rotatable bonds is 4. The molecule has 132 valence electrons. The maximum absolute atomic E-state index is 12.0. The Balaban J connectivity index is 2.36. The lowest BCUT2D eigenvalue weighted by molar-refractivity contribution is -0.114. The molecule has 0 fully saturated rings. The summed E-state index contributed by atoms with van der Waals surface area (Å²) in [7, 11) is 0. The van der Waals surface area contributed by atoms with Crippen LogP contribution in [-0.4, -0.2) is 11.0 Å². The van der Waals surface area contributed by atoms with Crippen LogP contribution in [0.1, 0.15) is 23.6 Å². The van der Waals surface area contributed by atoms with Crippen molar-refractivity contribution >= 4 is 43.5 Å². The zero-order valence-electron chi connectivity index (χ0n) is 14.0. The van der Waals surface area contributed by atoms with Crippen molar-refractivity contribution in [2.24, 2.45) is 0 Å². The molecule has 0 atom stereocenters. The van der Waals surface area contributed by atoms with Gasteiger partial charge in [-0.15, -0.1) is 0 Å². The van der Waals surface area contributed by atoms with E-state index in [-0.39, 0.29) is 5.91 Å². The highest BCUT2D eigenvalue weighted by molar-refractivity contribution is 9.11. The number of carbonyl (C=O) groups is 1. The van der Waals surface area contributed by atoms with Crippen molar-refractivity contribution in [2.45, 2.75) is 12.5 Å². The zero-order chi connectivity index (χ0) is 18.7. The minimum atomic E-state index is -1.44. The molecule has 0 saturated heterocycles. The molecular weight excluding hydrogens is 458 g/mol. The molecule has 3 nitrogen and oxygen atoms in total. The maximum Gasteiger partial charge on any atom is 0.221 e. The van der Waals surface area contributed by atoms with Crippen LogP contribution in [0.2, 0.25) is 0 Å². The van der Waals surface area contributed by atoms with Crippen molar-refractivity contribution in [2.75, 3.05) is 5.32 Å². The van der Waals surface area contributed by atoms with E-state index < -0.39 is 5.60 Å². The average Bonchev–Trinajstić information content (AvgIpc) is 2.64. The molecule has 3 aromatic rings. The summed E-state index contributed by atoms with van der Waals surface area (Å²) in [6.07, 6.45) is 0. The van der Waals surface area contributed by atoms with Crippen LogP contribution < -0.4 is 5.32 Å². The van der Waals surface area contributed by atoms with Crippen molar-refractivity contribution in [3.8, 4) is 0 Å². The first-order valence-corrected chi connectivity index (χ1v) is 9.62. The van der Waals surface area contributed by atoms with Gasteiger partial charge in [-0.2, -0.15) is 0 Å². The third-order valence-corrected chi connectivity index (χ3v) is 5.21. The summed E-state index contributed by atoms with van der Waals surface area (Å²) in [6.45, 7) is 1.45. The Morgan fingerprint density at radius 1 is 0.923 bits per heavy atom. The van der Waals surface area contributed by atoms with Gasteiger partial charge < -0.3 is 10.4 Å². The quantitative estimate of drug-likeness (QED) is 0.493. The first-order chi connectivity index (χ1) is 12.4. The summed E-state index contributed by atoms with van der Waals surface area (Å²) in [4.78, 5) is 11.8. The number of nitrogens with one attached hydrogen (secondary N) is 1. The number of halogens is 2. The van der Waals surface area contributed by atoms with Crippen molar-refractivity contribution in [3.05, 3.63) is 98.4 Å². The number of amides is 1. The molecule has 0 bridgehead atoms. The molecule has 2 N–H and O–H groups in total. The molecule has 0 unspecified atom stereocenters. The second-order valence-corrected chi connectivity index (χ2v) is 7.70. The smallest absolute Gasteiger partial charge is 0.221 e. The number of hydrogen-bond donors (Lipinski definition) is 2. The second kappa shape index (κ2) is 7.74. The second-order valence-electron chi connectivity index (χ2n) is 5.93. The van der Waals surface area contributed by atoms with Gasteiger partial charge in [-0.25, -0.2) is 0 Å². The normalized spacial score (nSPS) is 11.2. The fourth-order valence-corrected chi connectivity index (χ4v) is 4.32. The van der Waals surface area contributed by atoms with Gasteiger partial charge in [0.2, 0.25) is 5.91 Å². The monoisotopic (exact) mass is 473 g/mol. The number of hydrogen-bond acceptors (Lipinski definition) is 2. The van der Waals surface area contributed by atoms with Gasteiger partial charge in [-0.3, -0.25) is 4.79 Å². The van der Waals surface area contributed by atoms with E-state index in [1.165, 1.54) is 6.92 Å². The van der Waals surface area contributed by atoms with Gasteiger partial charge in [0.25, 0.3) is 0 Å². The van der Waals surface area contributed by atoms with E-state index in [1.807, 2.05) is 72.8 Å². The van der Waals surface area contributed by atoms with E-state index in [9.17, 15) is 9.90 Å². The molecule has 26 heavy (non-hydrogen) atoms. The van der Waals surface area contributed by atoms with E-state index in [4.69, 9.17) is 0 Å². The van der Waals surface area contributed by atoms with Gasteiger partial charge in [0.05, 0.1) is 5.69 Å². The fourth-order valence-electron chi connectivity index (χ4n) is 3.00. The van der Waals surface area contributed by atoms with Gasteiger partial charge in [0.15, 0.2) is 0 Å². The summed E-state index contributed by atoms with van der Waals surface area (Å²) in [6, 6.07) is 22.5. The molecule has 0 aliphatic carbocycles.